The molecule has 1 saturated heterocycles. The van der Waals surface area contributed by atoms with E-state index in [0.29, 0.717) is 10.0 Å². The third kappa shape index (κ3) is 3.76. The van der Waals surface area contributed by atoms with Crippen molar-refractivity contribution in [2.75, 3.05) is 6.54 Å². The molecule has 0 bridgehead atoms. The zero-order valence-electron chi connectivity index (χ0n) is 14.7. The highest BCUT2D eigenvalue weighted by Crippen LogP contribution is 2.39. The molecule has 1 aliphatic heterocycles. The molecule has 0 unspecified atom stereocenters. The summed E-state index contributed by atoms with van der Waals surface area (Å²) in [5.41, 5.74) is 1.57. The first kappa shape index (κ1) is 19.5. The van der Waals surface area contributed by atoms with Crippen LogP contribution in [0.15, 0.2) is 82.4 Å². The number of hydrogen-bond donors (Lipinski definition) is 0. The topological polar surface area (TPSA) is 63.7 Å². The predicted octanol–water partition coefficient (Wildman–Crippen LogP) is 4.12. The number of esters is 1. The van der Waals surface area contributed by atoms with Crippen LogP contribution in [0.1, 0.15) is 17.2 Å². The molecule has 0 aromatic heterocycles. The molecule has 2 aromatic carbocycles. The Morgan fingerprint density at radius 3 is 2.37 bits per heavy atom. The zero-order chi connectivity index (χ0) is 19.8. The Labute approximate surface area is 167 Å². The molecule has 0 saturated carbocycles. The van der Waals surface area contributed by atoms with Crippen LogP contribution in [-0.4, -0.2) is 25.2 Å². The lowest BCUT2D eigenvalue weighted by atomic mass is 10.00. The first-order valence-electron chi connectivity index (χ1n) is 8.13. The molecular formula is C20H18BrNO4S. The fourth-order valence-electron chi connectivity index (χ4n) is 2.89. The molecule has 0 N–H and O–H groups in total. The monoisotopic (exact) mass is 447 g/mol. The highest BCUT2D eigenvalue weighted by atomic mass is 79.9. The van der Waals surface area contributed by atoms with E-state index in [2.05, 4.69) is 29.1 Å². The molecule has 0 aliphatic carbocycles. The van der Waals surface area contributed by atoms with Gasteiger partial charge in [0, 0.05) is 4.47 Å². The molecule has 7 heteroatoms. The molecule has 140 valence electrons. The number of ether oxygens (including phenoxy) is 1. The molecule has 3 rings (SSSR count). The summed E-state index contributed by atoms with van der Waals surface area (Å²) in [6.45, 7) is 9.21. The van der Waals surface area contributed by atoms with Gasteiger partial charge in [0.1, 0.15) is 5.76 Å². The zero-order valence-corrected chi connectivity index (χ0v) is 17.1. The summed E-state index contributed by atoms with van der Waals surface area (Å²) >= 11 is 3.44. The van der Waals surface area contributed by atoms with E-state index in [4.69, 9.17) is 4.74 Å². The summed E-state index contributed by atoms with van der Waals surface area (Å²) in [6, 6.07) is 12.7. The number of carbonyl (C=O) groups is 1. The van der Waals surface area contributed by atoms with Crippen LogP contribution in [0, 0.1) is 6.92 Å². The van der Waals surface area contributed by atoms with Gasteiger partial charge in [0.2, 0.25) is 10.0 Å². The minimum absolute atomic E-state index is 0.0243. The first-order chi connectivity index (χ1) is 12.7. The number of hydrogen-bond acceptors (Lipinski definition) is 4. The maximum absolute atomic E-state index is 13.4. The fraction of sp³-hybridized carbons (Fsp3) is 0.150. The van der Waals surface area contributed by atoms with Crippen molar-refractivity contribution in [3.8, 4) is 0 Å². The number of aryl methyl sites for hydroxylation is 1. The van der Waals surface area contributed by atoms with Gasteiger partial charge in [0.15, 0.2) is 0 Å². The second-order valence-electron chi connectivity index (χ2n) is 6.24. The summed E-state index contributed by atoms with van der Waals surface area (Å²) in [5, 5.41) is 0. The molecule has 1 fully saturated rings. The van der Waals surface area contributed by atoms with Gasteiger partial charge >= 0.3 is 5.97 Å². The van der Waals surface area contributed by atoms with Crippen molar-refractivity contribution < 1.29 is 17.9 Å². The second-order valence-corrected chi connectivity index (χ2v) is 8.99. The summed E-state index contributed by atoms with van der Waals surface area (Å²) in [6.07, 6.45) is 0. The summed E-state index contributed by atoms with van der Waals surface area (Å²) in [7, 11) is -3.95. The minimum Gasteiger partial charge on any atom is -0.427 e. The van der Waals surface area contributed by atoms with Crippen molar-refractivity contribution in [2.45, 2.75) is 17.9 Å². The van der Waals surface area contributed by atoms with E-state index in [-0.39, 0.29) is 22.8 Å². The Morgan fingerprint density at radius 2 is 1.74 bits per heavy atom. The van der Waals surface area contributed by atoms with E-state index in [0.717, 1.165) is 5.56 Å². The molecule has 27 heavy (non-hydrogen) atoms. The summed E-state index contributed by atoms with van der Waals surface area (Å²) in [4.78, 5) is 12.5. The standard InChI is InChI=1S/C20H18BrNO4S/c1-13-8-10-16(11-9-13)27(24,25)22-12-14(2)26-20(23)15(3)19(22)17-6-4-5-7-18(17)21/h4-11,19H,2-3,12H2,1H3/t19-/m1/s1. The van der Waals surface area contributed by atoms with Crippen molar-refractivity contribution >= 4 is 31.9 Å². The Hall–Kier alpha value is -2.22. The number of halogens is 1. The minimum atomic E-state index is -3.95. The maximum atomic E-state index is 13.4. The number of sulfonamides is 1. The van der Waals surface area contributed by atoms with Crippen LogP contribution in [-0.2, 0) is 19.6 Å². The first-order valence-corrected chi connectivity index (χ1v) is 10.4. The van der Waals surface area contributed by atoms with Crippen LogP contribution in [0.25, 0.3) is 0 Å². The van der Waals surface area contributed by atoms with Gasteiger partial charge in [-0.25, -0.2) is 13.2 Å². The lowest BCUT2D eigenvalue weighted by molar-refractivity contribution is -0.134. The quantitative estimate of drug-likeness (QED) is 0.524. The van der Waals surface area contributed by atoms with Gasteiger partial charge in [-0.15, -0.1) is 0 Å². The Morgan fingerprint density at radius 1 is 1.11 bits per heavy atom. The number of nitrogens with zero attached hydrogens (tertiary/aromatic N) is 1. The number of cyclic esters (lactones) is 1. The van der Waals surface area contributed by atoms with E-state index in [1.807, 2.05) is 13.0 Å². The van der Waals surface area contributed by atoms with Crippen molar-refractivity contribution in [3.05, 3.63) is 88.6 Å². The van der Waals surface area contributed by atoms with Crippen molar-refractivity contribution in [2.24, 2.45) is 0 Å². The molecule has 0 amide bonds. The Balaban J connectivity index is 2.20. The van der Waals surface area contributed by atoms with Crippen LogP contribution in [0.3, 0.4) is 0 Å². The molecule has 0 spiro atoms. The summed E-state index contributed by atoms with van der Waals surface area (Å²) < 4.78 is 33.8. The van der Waals surface area contributed by atoms with Crippen LogP contribution in [0.4, 0.5) is 0 Å². The largest absolute Gasteiger partial charge is 0.427 e. The van der Waals surface area contributed by atoms with Gasteiger partial charge in [-0.1, -0.05) is 65.0 Å². The second kappa shape index (κ2) is 7.42. The average Bonchev–Trinajstić information content (AvgIpc) is 2.73. The smallest absolute Gasteiger partial charge is 0.340 e. The van der Waals surface area contributed by atoms with Gasteiger partial charge in [0.25, 0.3) is 0 Å². The lowest BCUT2D eigenvalue weighted by Gasteiger charge is -2.29. The molecule has 2 aromatic rings. The maximum Gasteiger partial charge on any atom is 0.340 e. The number of carbonyl (C=O) groups excluding carboxylic acids is 1. The third-order valence-electron chi connectivity index (χ3n) is 4.28. The van der Waals surface area contributed by atoms with Crippen molar-refractivity contribution in [1.29, 1.82) is 0 Å². The van der Waals surface area contributed by atoms with Crippen LogP contribution < -0.4 is 0 Å². The SMILES string of the molecule is C=C1CN(S(=O)(=O)c2ccc(C)cc2)[C@@H](c2ccccc2Br)C(=C)C(=O)O1. The predicted molar refractivity (Wildman–Crippen MR) is 106 cm³/mol. The highest BCUT2D eigenvalue weighted by Gasteiger charge is 2.40. The van der Waals surface area contributed by atoms with E-state index in [1.165, 1.54) is 4.31 Å². The van der Waals surface area contributed by atoms with Crippen LogP contribution in [0.5, 0.6) is 0 Å². The van der Waals surface area contributed by atoms with Gasteiger partial charge in [0.05, 0.1) is 23.1 Å². The van der Waals surface area contributed by atoms with Gasteiger partial charge < -0.3 is 4.74 Å². The van der Waals surface area contributed by atoms with E-state index < -0.39 is 22.0 Å². The van der Waals surface area contributed by atoms with Crippen LogP contribution in [0.2, 0.25) is 0 Å². The molecule has 5 nitrogen and oxygen atoms in total. The molecule has 0 radical (unpaired) electrons. The number of benzene rings is 2. The normalized spacial score (nSPS) is 18.9. The van der Waals surface area contributed by atoms with E-state index in [1.54, 1.807) is 42.5 Å². The molecular weight excluding hydrogens is 430 g/mol. The summed E-state index contributed by atoms with van der Waals surface area (Å²) in [5.74, 6) is -0.645. The Bertz CT molecular complexity index is 1030. The third-order valence-corrected chi connectivity index (χ3v) is 6.82. The van der Waals surface area contributed by atoms with Gasteiger partial charge in [-0.05, 0) is 30.7 Å². The van der Waals surface area contributed by atoms with Crippen molar-refractivity contribution in [1.82, 2.24) is 4.31 Å². The molecule has 1 atom stereocenters. The molecule has 1 heterocycles. The number of rotatable bonds is 3. The van der Waals surface area contributed by atoms with Crippen LogP contribution >= 0.6 is 15.9 Å². The fourth-order valence-corrected chi connectivity index (χ4v) is 4.97. The van der Waals surface area contributed by atoms with E-state index in [9.17, 15) is 13.2 Å². The Kier molecular flexibility index (Phi) is 5.37. The average molecular weight is 448 g/mol. The highest BCUT2D eigenvalue weighted by molar-refractivity contribution is 9.10. The van der Waals surface area contributed by atoms with E-state index >= 15 is 0 Å². The van der Waals surface area contributed by atoms with Gasteiger partial charge in [-0.2, -0.15) is 4.31 Å². The lowest BCUT2D eigenvalue weighted by Crippen LogP contribution is -2.36. The molecule has 1 aliphatic rings. The van der Waals surface area contributed by atoms with Gasteiger partial charge in [-0.3, -0.25) is 0 Å². The van der Waals surface area contributed by atoms with Crippen molar-refractivity contribution in [3.63, 3.8) is 0 Å².